The van der Waals surface area contributed by atoms with Crippen LogP contribution < -0.4 is 0 Å². The van der Waals surface area contributed by atoms with Gasteiger partial charge in [0.05, 0.1) is 17.8 Å². The maximum absolute atomic E-state index is 9.50. The summed E-state index contributed by atoms with van der Waals surface area (Å²) in [5.41, 5.74) is 3.72. The minimum Gasteiger partial charge on any atom is -0.392 e. The second-order valence-corrected chi connectivity index (χ2v) is 4.63. The summed E-state index contributed by atoms with van der Waals surface area (Å²) in [7, 11) is 0. The summed E-state index contributed by atoms with van der Waals surface area (Å²) in [6, 6.07) is 20.0. The normalized spacial score (nSPS) is 11.2. The lowest BCUT2D eigenvalue weighted by molar-refractivity contribution is 0.281. The molecule has 0 saturated carbocycles. The lowest BCUT2D eigenvalue weighted by atomic mass is 10.1. The van der Waals surface area contributed by atoms with Crippen molar-refractivity contribution in [2.75, 3.05) is 0 Å². The van der Waals surface area contributed by atoms with Gasteiger partial charge in [0, 0.05) is 10.9 Å². The van der Waals surface area contributed by atoms with E-state index in [1.165, 1.54) is 0 Å². The van der Waals surface area contributed by atoms with Crippen molar-refractivity contribution >= 4 is 23.1 Å². The van der Waals surface area contributed by atoms with Gasteiger partial charge in [-0.15, -0.1) is 0 Å². The molecule has 2 nitrogen and oxygen atoms in total. The number of hydrogen-bond donors (Lipinski definition) is 1. The number of fused-ring (bicyclic) bond motifs is 1. The zero-order chi connectivity index (χ0) is 13.8. The van der Waals surface area contributed by atoms with Gasteiger partial charge in [0.15, 0.2) is 0 Å². The molecule has 1 heterocycles. The molecule has 3 rings (SSSR count). The minimum absolute atomic E-state index is 0.00764. The van der Waals surface area contributed by atoms with Gasteiger partial charge in [-0.3, -0.25) is 0 Å². The van der Waals surface area contributed by atoms with Crippen LogP contribution in [0.1, 0.15) is 16.8 Å². The van der Waals surface area contributed by atoms with Gasteiger partial charge in [-0.25, -0.2) is 4.98 Å². The van der Waals surface area contributed by atoms with Crippen LogP contribution in [0.3, 0.4) is 0 Å². The first kappa shape index (κ1) is 12.6. The summed E-state index contributed by atoms with van der Waals surface area (Å²) in [4.78, 5) is 4.61. The van der Waals surface area contributed by atoms with E-state index in [1.807, 2.05) is 72.8 Å². The predicted molar refractivity (Wildman–Crippen MR) is 83.0 cm³/mol. The van der Waals surface area contributed by atoms with Crippen LogP contribution in [0.5, 0.6) is 0 Å². The highest BCUT2D eigenvalue weighted by Crippen LogP contribution is 2.18. The lowest BCUT2D eigenvalue weighted by Gasteiger charge is -2.05. The van der Waals surface area contributed by atoms with Crippen molar-refractivity contribution in [3.8, 4) is 0 Å². The SMILES string of the molecule is OCc1cc2ccccc2nc1/C=C/c1ccccc1. The van der Waals surface area contributed by atoms with Crippen LogP contribution in [0.4, 0.5) is 0 Å². The molecule has 1 aromatic heterocycles. The highest BCUT2D eigenvalue weighted by atomic mass is 16.3. The molecule has 0 saturated heterocycles. The zero-order valence-corrected chi connectivity index (χ0v) is 11.0. The standard InChI is InChI=1S/C18H15NO/c20-13-16-12-15-8-4-5-9-17(15)19-18(16)11-10-14-6-2-1-3-7-14/h1-12,20H,13H2/b11-10+. The Morgan fingerprint density at radius 1 is 0.900 bits per heavy atom. The molecule has 0 radical (unpaired) electrons. The van der Waals surface area contributed by atoms with E-state index in [1.54, 1.807) is 0 Å². The largest absolute Gasteiger partial charge is 0.392 e. The number of rotatable bonds is 3. The summed E-state index contributed by atoms with van der Waals surface area (Å²) in [5, 5.41) is 10.6. The zero-order valence-electron chi connectivity index (χ0n) is 11.0. The van der Waals surface area contributed by atoms with E-state index in [0.29, 0.717) is 0 Å². The van der Waals surface area contributed by atoms with E-state index in [4.69, 9.17) is 0 Å². The Kier molecular flexibility index (Phi) is 3.57. The van der Waals surface area contributed by atoms with Crippen LogP contribution in [0.15, 0.2) is 60.7 Å². The fourth-order valence-electron chi connectivity index (χ4n) is 2.18. The number of benzene rings is 2. The number of aliphatic hydroxyl groups is 1. The first-order valence-corrected chi connectivity index (χ1v) is 6.59. The van der Waals surface area contributed by atoms with E-state index in [9.17, 15) is 5.11 Å². The second-order valence-electron chi connectivity index (χ2n) is 4.63. The molecular formula is C18H15NO. The molecule has 0 aliphatic carbocycles. The first-order chi connectivity index (χ1) is 9.86. The molecule has 0 amide bonds. The Hall–Kier alpha value is -2.45. The molecule has 0 aliphatic heterocycles. The van der Waals surface area contributed by atoms with Crippen LogP contribution >= 0.6 is 0 Å². The molecule has 0 atom stereocenters. The third kappa shape index (κ3) is 2.60. The van der Waals surface area contributed by atoms with Gasteiger partial charge in [0.25, 0.3) is 0 Å². The number of pyridine rings is 1. The number of aromatic nitrogens is 1. The summed E-state index contributed by atoms with van der Waals surface area (Å²) in [6.45, 7) is -0.00764. The molecule has 20 heavy (non-hydrogen) atoms. The number of hydrogen-bond acceptors (Lipinski definition) is 2. The monoisotopic (exact) mass is 261 g/mol. The molecule has 0 bridgehead atoms. The third-order valence-electron chi connectivity index (χ3n) is 3.24. The summed E-state index contributed by atoms with van der Waals surface area (Å²) in [6.07, 6.45) is 3.96. The quantitative estimate of drug-likeness (QED) is 0.775. The van der Waals surface area contributed by atoms with Crippen molar-refractivity contribution in [1.82, 2.24) is 4.98 Å². The van der Waals surface area contributed by atoms with Gasteiger partial charge >= 0.3 is 0 Å². The van der Waals surface area contributed by atoms with E-state index in [-0.39, 0.29) is 6.61 Å². The maximum Gasteiger partial charge on any atom is 0.0709 e. The van der Waals surface area contributed by atoms with Gasteiger partial charge in [0.1, 0.15) is 0 Å². The average Bonchev–Trinajstić information content (AvgIpc) is 2.53. The second kappa shape index (κ2) is 5.68. The lowest BCUT2D eigenvalue weighted by Crippen LogP contribution is -1.93. The Labute approximate surface area is 118 Å². The number of aliphatic hydroxyl groups excluding tert-OH is 1. The van der Waals surface area contributed by atoms with E-state index in [0.717, 1.165) is 27.7 Å². The van der Waals surface area contributed by atoms with Gasteiger partial charge in [-0.1, -0.05) is 54.6 Å². The topological polar surface area (TPSA) is 33.1 Å². The van der Waals surface area contributed by atoms with Crippen molar-refractivity contribution in [3.63, 3.8) is 0 Å². The van der Waals surface area contributed by atoms with E-state index >= 15 is 0 Å². The van der Waals surface area contributed by atoms with Crippen molar-refractivity contribution in [3.05, 3.63) is 77.5 Å². The van der Waals surface area contributed by atoms with Crippen LogP contribution in [0.25, 0.3) is 23.1 Å². The molecule has 98 valence electrons. The number of para-hydroxylation sites is 1. The fraction of sp³-hybridized carbons (Fsp3) is 0.0556. The smallest absolute Gasteiger partial charge is 0.0709 e. The maximum atomic E-state index is 9.50. The predicted octanol–water partition coefficient (Wildman–Crippen LogP) is 3.90. The summed E-state index contributed by atoms with van der Waals surface area (Å²) in [5.74, 6) is 0. The van der Waals surface area contributed by atoms with E-state index in [2.05, 4.69) is 4.98 Å². The Balaban J connectivity index is 2.04. The Bertz CT molecular complexity index is 748. The van der Waals surface area contributed by atoms with Crippen molar-refractivity contribution < 1.29 is 5.11 Å². The van der Waals surface area contributed by atoms with Crippen molar-refractivity contribution in [1.29, 1.82) is 0 Å². The van der Waals surface area contributed by atoms with Crippen LogP contribution in [-0.4, -0.2) is 10.1 Å². The highest BCUT2D eigenvalue weighted by molar-refractivity contribution is 5.82. The highest BCUT2D eigenvalue weighted by Gasteiger charge is 2.03. The van der Waals surface area contributed by atoms with E-state index < -0.39 is 0 Å². The molecule has 3 aromatic rings. The first-order valence-electron chi connectivity index (χ1n) is 6.59. The van der Waals surface area contributed by atoms with Gasteiger partial charge < -0.3 is 5.11 Å². The van der Waals surface area contributed by atoms with Crippen molar-refractivity contribution in [2.45, 2.75) is 6.61 Å². The van der Waals surface area contributed by atoms with Crippen LogP contribution in [-0.2, 0) is 6.61 Å². The minimum atomic E-state index is -0.00764. The molecule has 0 unspecified atom stereocenters. The average molecular weight is 261 g/mol. The molecular weight excluding hydrogens is 246 g/mol. The molecule has 2 aromatic carbocycles. The van der Waals surface area contributed by atoms with Crippen LogP contribution in [0.2, 0.25) is 0 Å². The molecule has 2 heteroatoms. The van der Waals surface area contributed by atoms with Gasteiger partial charge in [-0.05, 0) is 23.8 Å². The van der Waals surface area contributed by atoms with Gasteiger partial charge in [0.2, 0.25) is 0 Å². The molecule has 0 spiro atoms. The molecule has 1 N–H and O–H groups in total. The number of nitrogens with zero attached hydrogens (tertiary/aromatic N) is 1. The molecule has 0 aliphatic rings. The third-order valence-corrected chi connectivity index (χ3v) is 3.24. The summed E-state index contributed by atoms with van der Waals surface area (Å²) >= 11 is 0. The Morgan fingerprint density at radius 2 is 1.65 bits per heavy atom. The summed E-state index contributed by atoms with van der Waals surface area (Å²) < 4.78 is 0. The van der Waals surface area contributed by atoms with Gasteiger partial charge in [-0.2, -0.15) is 0 Å². The molecule has 0 fully saturated rings. The van der Waals surface area contributed by atoms with Crippen LogP contribution in [0, 0.1) is 0 Å². The fourth-order valence-corrected chi connectivity index (χ4v) is 2.18. The Morgan fingerprint density at radius 3 is 2.45 bits per heavy atom. The van der Waals surface area contributed by atoms with Crippen molar-refractivity contribution in [2.24, 2.45) is 0 Å².